The van der Waals surface area contributed by atoms with Gasteiger partial charge in [0.2, 0.25) is 0 Å². The summed E-state index contributed by atoms with van der Waals surface area (Å²) >= 11 is 0. The highest BCUT2D eigenvalue weighted by Crippen LogP contribution is 2.50. The summed E-state index contributed by atoms with van der Waals surface area (Å²) < 4.78 is 5.06. The second-order valence-electron chi connectivity index (χ2n) is 7.98. The molecule has 3 atom stereocenters. The molecule has 2 aromatic carbocycles. The fourth-order valence-corrected chi connectivity index (χ4v) is 4.48. The number of nitrogens with one attached hydrogen (secondary N) is 2. The van der Waals surface area contributed by atoms with E-state index in [0.717, 1.165) is 12.1 Å². The van der Waals surface area contributed by atoms with Crippen LogP contribution in [0.1, 0.15) is 39.9 Å². The van der Waals surface area contributed by atoms with Gasteiger partial charge in [0.25, 0.3) is 5.91 Å². The van der Waals surface area contributed by atoms with Gasteiger partial charge >= 0.3 is 0 Å². The molecule has 0 saturated carbocycles. The smallest absolute Gasteiger partial charge is 0.253 e. The van der Waals surface area contributed by atoms with Crippen molar-refractivity contribution in [2.45, 2.75) is 18.4 Å². The van der Waals surface area contributed by atoms with Crippen molar-refractivity contribution in [2.75, 3.05) is 44.6 Å². The van der Waals surface area contributed by atoms with Crippen LogP contribution >= 0.6 is 0 Å². The van der Waals surface area contributed by atoms with Crippen LogP contribution in [0, 0.1) is 5.92 Å². The number of hydrogen-bond donors (Lipinski definition) is 2. The number of allylic oxidation sites excluding steroid dienone is 2. The van der Waals surface area contributed by atoms with E-state index in [1.807, 2.05) is 12.1 Å². The number of para-hydroxylation sites is 1. The van der Waals surface area contributed by atoms with Gasteiger partial charge in [-0.05, 0) is 41.7 Å². The maximum Gasteiger partial charge on any atom is 0.253 e. The fourth-order valence-electron chi connectivity index (χ4n) is 4.48. The molecule has 5 heteroatoms. The molecule has 0 radical (unpaired) electrons. The summed E-state index contributed by atoms with van der Waals surface area (Å²) in [5.41, 5.74) is 5.31. The summed E-state index contributed by atoms with van der Waals surface area (Å²) in [6.45, 7) is 1.00. The number of rotatable bonds is 6. The van der Waals surface area contributed by atoms with Gasteiger partial charge in [0.05, 0.1) is 23.9 Å². The zero-order valence-electron chi connectivity index (χ0n) is 17.3. The van der Waals surface area contributed by atoms with Gasteiger partial charge < -0.3 is 20.3 Å². The van der Waals surface area contributed by atoms with Gasteiger partial charge in [0, 0.05) is 39.4 Å². The van der Waals surface area contributed by atoms with Crippen molar-refractivity contribution in [1.82, 2.24) is 5.32 Å². The first-order chi connectivity index (χ1) is 14.1. The first-order valence-corrected chi connectivity index (χ1v) is 10.2. The van der Waals surface area contributed by atoms with Crippen LogP contribution in [0.15, 0.2) is 54.6 Å². The SMILES string of the molecule is COCCNC(=O)c1cccc2c1NC(c1ccc(N(C)C)cc1)C1CC=CC21. The Morgan fingerprint density at radius 3 is 2.72 bits per heavy atom. The van der Waals surface area contributed by atoms with Gasteiger partial charge in [-0.1, -0.05) is 36.4 Å². The van der Waals surface area contributed by atoms with Crippen molar-refractivity contribution in [3.63, 3.8) is 0 Å². The maximum atomic E-state index is 12.8. The second kappa shape index (κ2) is 8.29. The molecule has 2 aromatic rings. The zero-order chi connectivity index (χ0) is 20.4. The van der Waals surface area contributed by atoms with E-state index < -0.39 is 0 Å². The van der Waals surface area contributed by atoms with E-state index in [1.54, 1.807) is 7.11 Å². The molecular weight excluding hydrogens is 362 g/mol. The van der Waals surface area contributed by atoms with E-state index in [9.17, 15) is 4.79 Å². The minimum atomic E-state index is -0.0615. The van der Waals surface area contributed by atoms with E-state index >= 15 is 0 Å². The molecule has 1 heterocycles. The Morgan fingerprint density at radius 1 is 1.21 bits per heavy atom. The number of nitrogens with zero attached hydrogens (tertiary/aromatic N) is 1. The molecule has 1 amide bonds. The van der Waals surface area contributed by atoms with Crippen molar-refractivity contribution in [1.29, 1.82) is 0 Å². The standard InChI is InChI=1S/C24H29N3O2/c1-27(2)17-12-10-16(11-13-17)22-19-7-4-6-18(19)20-8-5-9-21(23(20)26-22)24(28)25-14-15-29-3/h4-6,8-13,18-19,22,26H,7,14-15H2,1-3H3,(H,25,28). The minimum absolute atomic E-state index is 0.0615. The Kier molecular flexibility index (Phi) is 5.58. The van der Waals surface area contributed by atoms with E-state index in [-0.39, 0.29) is 11.9 Å². The van der Waals surface area contributed by atoms with Crippen LogP contribution in [0.25, 0.3) is 0 Å². The summed E-state index contributed by atoms with van der Waals surface area (Å²) in [6, 6.07) is 14.9. The molecule has 0 spiro atoms. The van der Waals surface area contributed by atoms with Crippen LogP contribution < -0.4 is 15.5 Å². The number of fused-ring (bicyclic) bond motifs is 3. The van der Waals surface area contributed by atoms with Gasteiger partial charge in [-0.3, -0.25) is 4.79 Å². The Hall–Kier alpha value is -2.79. The number of anilines is 2. The third-order valence-electron chi connectivity index (χ3n) is 6.00. The number of benzene rings is 2. The van der Waals surface area contributed by atoms with Crippen molar-refractivity contribution in [2.24, 2.45) is 5.92 Å². The van der Waals surface area contributed by atoms with Gasteiger partial charge in [0.1, 0.15) is 0 Å². The van der Waals surface area contributed by atoms with Crippen LogP contribution in [0.5, 0.6) is 0 Å². The largest absolute Gasteiger partial charge is 0.383 e. The lowest BCUT2D eigenvalue weighted by Crippen LogP contribution is -2.33. The van der Waals surface area contributed by atoms with Crippen LogP contribution in [-0.4, -0.2) is 40.3 Å². The Balaban J connectivity index is 1.67. The molecule has 1 aliphatic carbocycles. The highest BCUT2D eigenvalue weighted by Gasteiger charge is 2.39. The third-order valence-corrected chi connectivity index (χ3v) is 6.00. The topological polar surface area (TPSA) is 53.6 Å². The van der Waals surface area contributed by atoms with Crippen LogP contribution in [0.4, 0.5) is 11.4 Å². The number of hydrogen-bond acceptors (Lipinski definition) is 4. The minimum Gasteiger partial charge on any atom is -0.383 e. The Morgan fingerprint density at radius 2 is 2.00 bits per heavy atom. The lowest BCUT2D eigenvalue weighted by molar-refractivity contribution is 0.0937. The molecule has 3 unspecified atom stereocenters. The third kappa shape index (κ3) is 3.75. The molecule has 0 saturated heterocycles. The number of ether oxygens (including phenoxy) is 1. The van der Waals surface area contributed by atoms with E-state index in [0.29, 0.717) is 30.6 Å². The average molecular weight is 392 g/mol. The van der Waals surface area contributed by atoms with Crippen LogP contribution in [-0.2, 0) is 4.74 Å². The van der Waals surface area contributed by atoms with E-state index in [1.165, 1.54) is 16.8 Å². The maximum absolute atomic E-state index is 12.8. The van der Waals surface area contributed by atoms with E-state index in [4.69, 9.17) is 4.74 Å². The van der Waals surface area contributed by atoms with Crippen LogP contribution in [0.3, 0.4) is 0 Å². The number of amides is 1. The summed E-state index contributed by atoms with van der Waals surface area (Å²) in [5.74, 6) is 0.726. The quantitative estimate of drug-likeness (QED) is 0.578. The first-order valence-electron chi connectivity index (χ1n) is 10.2. The molecule has 2 N–H and O–H groups in total. The summed E-state index contributed by atoms with van der Waals surface area (Å²) in [5, 5.41) is 6.68. The van der Waals surface area contributed by atoms with Gasteiger partial charge in [-0.15, -0.1) is 0 Å². The fraction of sp³-hybridized carbons (Fsp3) is 0.375. The molecule has 152 valence electrons. The van der Waals surface area contributed by atoms with E-state index in [2.05, 4.69) is 72.1 Å². The monoisotopic (exact) mass is 391 g/mol. The second-order valence-corrected chi connectivity index (χ2v) is 7.98. The number of carbonyl (C=O) groups is 1. The van der Waals surface area contributed by atoms with Gasteiger partial charge in [-0.2, -0.15) is 0 Å². The Bertz CT molecular complexity index is 905. The molecule has 4 rings (SSSR count). The molecular formula is C24H29N3O2. The number of carbonyl (C=O) groups excluding carboxylic acids is 1. The first kappa shape index (κ1) is 19.5. The van der Waals surface area contributed by atoms with Crippen molar-refractivity contribution >= 4 is 17.3 Å². The molecule has 0 bridgehead atoms. The summed E-state index contributed by atoms with van der Waals surface area (Å²) in [6.07, 6.45) is 5.62. The lowest BCUT2D eigenvalue weighted by atomic mass is 9.76. The lowest BCUT2D eigenvalue weighted by Gasteiger charge is -2.38. The number of methoxy groups -OCH3 is 1. The van der Waals surface area contributed by atoms with Gasteiger partial charge in [0.15, 0.2) is 0 Å². The highest BCUT2D eigenvalue weighted by atomic mass is 16.5. The average Bonchev–Trinajstić information content (AvgIpc) is 3.23. The summed E-state index contributed by atoms with van der Waals surface area (Å²) in [4.78, 5) is 14.9. The molecule has 29 heavy (non-hydrogen) atoms. The predicted molar refractivity (Wildman–Crippen MR) is 118 cm³/mol. The molecule has 0 fully saturated rings. The molecule has 5 nitrogen and oxygen atoms in total. The molecule has 0 aromatic heterocycles. The van der Waals surface area contributed by atoms with Crippen molar-refractivity contribution in [3.8, 4) is 0 Å². The normalized spacial score (nSPS) is 21.8. The van der Waals surface area contributed by atoms with Crippen molar-refractivity contribution < 1.29 is 9.53 Å². The molecule has 2 aliphatic rings. The predicted octanol–water partition coefficient (Wildman–Crippen LogP) is 3.96. The summed E-state index contributed by atoms with van der Waals surface area (Å²) in [7, 11) is 5.74. The highest BCUT2D eigenvalue weighted by molar-refractivity contribution is 6.00. The van der Waals surface area contributed by atoms with Gasteiger partial charge in [-0.25, -0.2) is 0 Å². The van der Waals surface area contributed by atoms with Crippen LogP contribution in [0.2, 0.25) is 0 Å². The van der Waals surface area contributed by atoms with Crippen molar-refractivity contribution in [3.05, 3.63) is 71.3 Å². The Labute approximate surface area is 172 Å². The zero-order valence-corrected chi connectivity index (χ0v) is 17.3. The molecule has 1 aliphatic heterocycles.